The number of hydrogen-bond acceptors (Lipinski definition) is 12. The number of hydrogen-bond donors (Lipinski definition) is 3. The van der Waals surface area contributed by atoms with Gasteiger partial charge in [-0.25, -0.2) is 4.98 Å². The van der Waals surface area contributed by atoms with E-state index in [4.69, 9.17) is 25.8 Å². The minimum atomic E-state index is -0.679. The van der Waals surface area contributed by atoms with Gasteiger partial charge < -0.3 is 44.7 Å². The van der Waals surface area contributed by atoms with Gasteiger partial charge in [0.25, 0.3) is 0 Å². The lowest BCUT2D eigenvalue weighted by molar-refractivity contribution is -0.111. The lowest BCUT2D eigenvalue weighted by Crippen LogP contribution is -2.52. The number of benzene rings is 1. The van der Waals surface area contributed by atoms with Gasteiger partial charge in [-0.05, 0) is 52.2 Å². The fourth-order valence-electron chi connectivity index (χ4n) is 6.51. The average Bonchev–Trinajstić information content (AvgIpc) is 3.62. The number of rotatable bonds is 10. The summed E-state index contributed by atoms with van der Waals surface area (Å²) in [5.41, 5.74) is 2.38. The Morgan fingerprint density at radius 2 is 1.89 bits per heavy atom. The van der Waals surface area contributed by atoms with E-state index in [0.29, 0.717) is 24.0 Å². The van der Waals surface area contributed by atoms with Gasteiger partial charge in [-0.3, -0.25) is 9.69 Å². The normalized spacial score (nSPS) is 26.2. The van der Waals surface area contributed by atoms with Gasteiger partial charge in [0.15, 0.2) is 6.10 Å². The van der Waals surface area contributed by atoms with Crippen molar-refractivity contribution in [3.63, 3.8) is 0 Å². The number of aliphatic hydroxyl groups is 1. The minimum absolute atomic E-state index is 0.192. The van der Waals surface area contributed by atoms with Crippen molar-refractivity contribution >= 4 is 40.5 Å². The quantitative estimate of drug-likeness (QED) is 0.324. The second kappa shape index (κ2) is 14.8. The number of piperazine rings is 1. The molecule has 5 heterocycles. The molecule has 0 radical (unpaired) electrons. The number of fused-ring (bicyclic) bond motifs is 1. The topological polar surface area (TPSA) is 128 Å². The van der Waals surface area contributed by atoms with E-state index in [1.54, 1.807) is 6.08 Å². The molecule has 1 aromatic heterocycles. The van der Waals surface area contributed by atoms with Gasteiger partial charge in [-0.1, -0.05) is 17.7 Å². The van der Waals surface area contributed by atoms with E-state index in [-0.39, 0.29) is 36.0 Å². The third-order valence-corrected chi connectivity index (χ3v) is 9.33. The second-order valence-electron chi connectivity index (χ2n) is 12.7. The number of amides is 1. The number of anilines is 4. The molecule has 0 aliphatic carbocycles. The van der Waals surface area contributed by atoms with Crippen molar-refractivity contribution in [1.29, 1.82) is 0 Å². The van der Waals surface area contributed by atoms with Gasteiger partial charge in [0, 0.05) is 63.6 Å². The van der Waals surface area contributed by atoms with Gasteiger partial charge in [0.2, 0.25) is 17.7 Å². The largest absolute Gasteiger partial charge is 0.468 e. The van der Waals surface area contributed by atoms with Gasteiger partial charge >= 0.3 is 0 Å². The number of ether oxygens (including phenoxy) is 3. The molecule has 13 nitrogen and oxygen atoms in total. The van der Waals surface area contributed by atoms with E-state index in [9.17, 15) is 9.90 Å². The first-order chi connectivity index (χ1) is 22.2. The predicted octanol–water partition coefficient (Wildman–Crippen LogP) is 2.05. The molecule has 1 aromatic carbocycles. The summed E-state index contributed by atoms with van der Waals surface area (Å²) in [6.07, 6.45) is 5.10. The van der Waals surface area contributed by atoms with Crippen LogP contribution in [0.25, 0.3) is 0 Å². The van der Waals surface area contributed by atoms with Crippen molar-refractivity contribution in [3.8, 4) is 5.88 Å². The predicted molar refractivity (Wildman–Crippen MR) is 177 cm³/mol. The molecule has 0 saturated carbocycles. The van der Waals surface area contributed by atoms with E-state index in [0.717, 1.165) is 57.8 Å². The summed E-state index contributed by atoms with van der Waals surface area (Å²) in [5.74, 6) is 0.284. The number of aromatic nitrogens is 2. The number of halogens is 1. The number of aliphatic hydroxyl groups excluding tert-OH is 1. The van der Waals surface area contributed by atoms with Crippen LogP contribution in [0.3, 0.4) is 0 Å². The van der Waals surface area contributed by atoms with Crippen LogP contribution in [-0.4, -0.2) is 146 Å². The van der Waals surface area contributed by atoms with E-state index >= 15 is 0 Å². The van der Waals surface area contributed by atoms with Gasteiger partial charge in [0.05, 0.1) is 30.8 Å². The number of carbonyl (C=O) groups excluding carboxylic acids is 1. The van der Waals surface area contributed by atoms with Crippen LogP contribution >= 0.6 is 11.6 Å². The summed E-state index contributed by atoms with van der Waals surface area (Å²) in [5, 5.41) is 16.6. The highest BCUT2D eigenvalue weighted by molar-refractivity contribution is 6.31. The number of piperidine rings is 1. The molecule has 250 valence electrons. The molecule has 3 N–H and O–H groups in total. The zero-order valence-electron chi connectivity index (χ0n) is 26.8. The third kappa shape index (κ3) is 7.91. The highest BCUT2D eigenvalue weighted by Crippen LogP contribution is 2.35. The Labute approximate surface area is 275 Å². The van der Waals surface area contributed by atoms with Crippen molar-refractivity contribution in [2.24, 2.45) is 0 Å². The summed E-state index contributed by atoms with van der Waals surface area (Å²) in [4.78, 5) is 31.2. The van der Waals surface area contributed by atoms with Gasteiger partial charge in [0.1, 0.15) is 23.3 Å². The minimum Gasteiger partial charge on any atom is -0.468 e. The first kappa shape index (κ1) is 32.9. The molecule has 4 aliphatic rings. The number of nitrogens with zero attached hydrogens (tertiary/aromatic N) is 6. The number of carbonyl (C=O) groups is 1. The van der Waals surface area contributed by atoms with Gasteiger partial charge in [-0.2, -0.15) is 4.98 Å². The Bertz CT molecular complexity index is 1380. The molecule has 2 aromatic rings. The number of nitrogens with one attached hydrogen (secondary N) is 2. The maximum atomic E-state index is 13.0. The highest BCUT2D eigenvalue weighted by atomic mass is 35.5. The number of likely N-dealkylation sites (N-methyl/N-ethyl adjacent to an activating group) is 2. The standard InChI is InChI=1S/C32H45ClN8O5/c1-38(2)10-4-5-28(43)36-24-17-21(6-7-25(24)41-11-8-22(9-12-41)40-15-13-39(3)14-16-40)35-32-34-18-23(33)31(37-32)46-27-20-45-29-26(42)19-44-30(27)29/h4-7,17-18,22,26-27,29-30,42H,8-16,19-20H2,1-3H3,(H,36,43)(H,34,35,37)/b5-4+/t26-,27-,29-,30-/m1/s1. The molecule has 46 heavy (non-hydrogen) atoms. The highest BCUT2D eigenvalue weighted by Gasteiger charge is 2.48. The van der Waals surface area contributed by atoms with Crippen LogP contribution in [0.1, 0.15) is 12.8 Å². The Balaban J connectivity index is 1.16. The lowest BCUT2D eigenvalue weighted by atomic mass is 10.0. The third-order valence-electron chi connectivity index (χ3n) is 9.07. The van der Waals surface area contributed by atoms with E-state index in [1.807, 2.05) is 43.3 Å². The second-order valence-corrected chi connectivity index (χ2v) is 13.1. The zero-order valence-corrected chi connectivity index (χ0v) is 27.5. The fourth-order valence-corrected chi connectivity index (χ4v) is 6.64. The Hall–Kier alpha value is -3.04. The first-order valence-corrected chi connectivity index (χ1v) is 16.4. The zero-order chi connectivity index (χ0) is 32.2. The van der Waals surface area contributed by atoms with Crippen LogP contribution in [0.2, 0.25) is 5.02 Å². The molecule has 4 saturated heterocycles. The average molecular weight is 657 g/mol. The SMILES string of the molecule is CN(C)C/C=C/C(=O)Nc1cc(Nc2ncc(Cl)c(O[C@@H]3CO[C@H]4[C@@H]3OC[C@H]4O)n2)ccc1N1CCC(N2CCN(C)CC2)CC1. The summed E-state index contributed by atoms with van der Waals surface area (Å²) >= 11 is 6.39. The Morgan fingerprint density at radius 3 is 2.65 bits per heavy atom. The molecule has 0 bridgehead atoms. The van der Waals surface area contributed by atoms with Crippen molar-refractivity contribution in [2.45, 2.75) is 43.3 Å². The molecule has 14 heteroatoms. The van der Waals surface area contributed by atoms with E-state index in [2.05, 4.69) is 42.3 Å². The molecule has 0 unspecified atom stereocenters. The summed E-state index contributed by atoms with van der Waals surface area (Å²) in [6, 6.07) is 6.48. The van der Waals surface area contributed by atoms with Crippen LogP contribution in [0.4, 0.5) is 23.0 Å². The van der Waals surface area contributed by atoms with Crippen molar-refractivity contribution in [3.05, 3.63) is 41.6 Å². The summed E-state index contributed by atoms with van der Waals surface area (Å²) < 4.78 is 17.4. The van der Waals surface area contributed by atoms with E-state index in [1.165, 1.54) is 6.20 Å². The van der Waals surface area contributed by atoms with Crippen LogP contribution in [0, 0.1) is 0 Å². The summed E-state index contributed by atoms with van der Waals surface area (Å²) in [7, 11) is 6.11. The molecular weight excluding hydrogens is 612 g/mol. The van der Waals surface area contributed by atoms with E-state index < -0.39 is 24.4 Å². The Kier molecular flexibility index (Phi) is 10.6. The van der Waals surface area contributed by atoms with Crippen LogP contribution in [0.15, 0.2) is 36.5 Å². The maximum absolute atomic E-state index is 13.0. The monoisotopic (exact) mass is 656 g/mol. The van der Waals surface area contributed by atoms with Crippen molar-refractivity contribution < 1.29 is 24.1 Å². The molecule has 1 amide bonds. The Morgan fingerprint density at radius 1 is 1.13 bits per heavy atom. The maximum Gasteiger partial charge on any atom is 0.248 e. The molecule has 6 rings (SSSR count). The summed E-state index contributed by atoms with van der Waals surface area (Å²) in [6.45, 7) is 7.43. The molecule has 0 spiro atoms. The van der Waals surface area contributed by atoms with Crippen LogP contribution in [-0.2, 0) is 14.3 Å². The fraction of sp³-hybridized carbons (Fsp3) is 0.594. The molecule has 4 aliphatic heterocycles. The van der Waals surface area contributed by atoms with Crippen molar-refractivity contribution in [1.82, 2.24) is 24.7 Å². The lowest BCUT2D eigenvalue weighted by Gasteiger charge is -2.43. The van der Waals surface area contributed by atoms with Crippen LogP contribution in [0.5, 0.6) is 5.88 Å². The molecule has 4 atom stereocenters. The smallest absolute Gasteiger partial charge is 0.248 e. The molecular formula is C32H45ClN8O5. The molecule has 4 fully saturated rings. The van der Waals surface area contributed by atoms with Gasteiger partial charge in [-0.15, -0.1) is 0 Å². The first-order valence-electron chi connectivity index (χ1n) is 16.0. The van der Waals surface area contributed by atoms with Crippen LogP contribution < -0.4 is 20.3 Å². The van der Waals surface area contributed by atoms with Crippen molar-refractivity contribution in [2.75, 3.05) is 95.7 Å².